The Morgan fingerprint density at radius 3 is 2.62 bits per heavy atom. The molecule has 5 heteroatoms. The number of carbonyl (C=O) groups is 1. The number of hydrogen-bond donors (Lipinski definition) is 1. The number of nitrogens with zero attached hydrogens (tertiary/aromatic N) is 2. The summed E-state index contributed by atoms with van der Waals surface area (Å²) in [6, 6.07) is 15.2. The summed E-state index contributed by atoms with van der Waals surface area (Å²) in [5.74, 6) is -0.167. The Bertz CT molecular complexity index is 797. The molecule has 21 heavy (non-hydrogen) atoms. The van der Waals surface area contributed by atoms with E-state index in [4.69, 9.17) is 11.6 Å². The molecule has 1 heterocycles. The third-order valence-electron chi connectivity index (χ3n) is 3.05. The predicted molar refractivity (Wildman–Crippen MR) is 80.5 cm³/mol. The summed E-state index contributed by atoms with van der Waals surface area (Å²) in [6.07, 6.45) is 1.56. The summed E-state index contributed by atoms with van der Waals surface area (Å²) in [5, 5.41) is 14.6. The first-order valence-corrected chi connectivity index (χ1v) is 6.67. The molecule has 104 valence electrons. The Labute approximate surface area is 126 Å². The fraction of sp³-hybridized carbons (Fsp3) is 0. The second-order valence-corrected chi connectivity index (χ2v) is 4.91. The van der Waals surface area contributed by atoms with Crippen LogP contribution in [0.2, 0.25) is 5.02 Å². The number of hydrogen-bond acceptors (Lipinski definition) is 3. The quantitative estimate of drug-likeness (QED) is 0.786. The number of phenolic OH excluding ortho intramolecular Hbond substituents is 1. The molecule has 0 unspecified atom stereocenters. The predicted octanol–water partition coefficient (Wildman–Crippen LogP) is 3.60. The van der Waals surface area contributed by atoms with Gasteiger partial charge in [0.25, 0.3) is 5.91 Å². The molecule has 0 spiro atoms. The van der Waals surface area contributed by atoms with Crippen LogP contribution < -0.4 is 0 Å². The molecule has 3 rings (SSSR count). The van der Waals surface area contributed by atoms with E-state index in [-0.39, 0.29) is 11.7 Å². The van der Waals surface area contributed by atoms with Gasteiger partial charge in [0, 0.05) is 22.3 Å². The van der Waals surface area contributed by atoms with Crippen molar-refractivity contribution in [2.24, 2.45) is 0 Å². The van der Waals surface area contributed by atoms with E-state index >= 15 is 0 Å². The van der Waals surface area contributed by atoms with Gasteiger partial charge in [-0.1, -0.05) is 29.8 Å². The highest BCUT2D eigenvalue weighted by atomic mass is 35.5. The molecule has 0 aliphatic carbocycles. The van der Waals surface area contributed by atoms with E-state index in [1.54, 1.807) is 48.7 Å². The first-order valence-electron chi connectivity index (χ1n) is 6.29. The van der Waals surface area contributed by atoms with Crippen molar-refractivity contribution in [2.45, 2.75) is 0 Å². The van der Waals surface area contributed by atoms with Gasteiger partial charge in [0.05, 0.1) is 5.69 Å². The Morgan fingerprint density at radius 2 is 1.86 bits per heavy atom. The van der Waals surface area contributed by atoms with Crippen molar-refractivity contribution in [2.75, 3.05) is 0 Å². The van der Waals surface area contributed by atoms with Crippen molar-refractivity contribution in [1.82, 2.24) is 9.78 Å². The van der Waals surface area contributed by atoms with E-state index in [1.807, 2.05) is 6.07 Å². The van der Waals surface area contributed by atoms with E-state index in [2.05, 4.69) is 5.10 Å². The van der Waals surface area contributed by atoms with Crippen molar-refractivity contribution >= 4 is 17.5 Å². The van der Waals surface area contributed by atoms with Gasteiger partial charge >= 0.3 is 0 Å². The van der Waals surface area contributed by atoms with Gasteiger partial charge in [0.2, 0.25) is 0 Å². The zero-order valence-corrected chi connectivity index (χ0v) is 11.7. The second-order valence-electron chi connectivity index (χ2n) is 4.48. The molecule has 0 radical (unpaired) electrons. The maximum atomic E-state index is 12.3. The van der Waals surface area contributed by atoms with E-state index < -0.39 is 0 Å². The zero-order valence-electron chi connectivity index (χ0n) is 10.9. The van der Waals surface area contributed by atoms with Crippen LogP contribution in [0.15, 0.2) is 60.8 Å². The summed E-state index contributed by atoms with van der Waals surface area (Å²) >= 11 is 5.92. The van der Waals surface area contributed by atoms with Gasteiger partial charge in [0.15, 0.2) is 0 Å². The second kappa shape index (κ2) is 5.42. The minimum Gasteiger partial charge on any atom is -0.507 e. The summed E-state index contributed by atoms with van der Waals surface area (Å²) in [4.78, 5) is 12.3. The summed E-state index contributed by atoms with van der Waals surface area (Å²) in [6.45, 7) is 0. The Kier molecular flexibility index (Phi) is 3.46. The number of aromatic hydroxyl groups is 1. The molecule has 1 N–H and O–H groups in total. The average molecular weight is 299 g/mol. The van der Waals surface area contributed by atoms with Gasteiger partial charge < -0.3 is 5.11 Å². The van der Waals surface area contributed by atoms with Gasteiger partial charge in [-0.05, 0) is 36.4 Å². The van der Waals surface area contributed by atoms with Gasteiger partial charge in [0.1, 0.15) is 5.75 Å². The van der Waals surface area contributed by atoms with Crippen molar-refractivity contribution in [1.29, 1.82) is 0 Å². The molecule has 0 aliphatic heterocycles. The first kappa shape index (κ1) is 13.4. The molecule has 0 bridgehead atoms. The van der Waals surface area contributed by atoms with Crippen LogP contribution in [0.5, 0.6) is 5.75 Å². The smallest absolute Gasteiger partial charge is 0.278 e. The minimum absolute atomic E-state index is 0.0665. The van der Waals surface area contributed by atoms with Crippen LogP contribution in [0.3, 0.4) is 0 Å². The third-order valence-corrected chi connectivity index (χ3v) is 3.29. The van der Waals surface area contributed by atoms with Crippen molar-refractivity contribution in [3.8, 4) is 17.0 Å². The Balaban J connectivity index is 1.97. The highest BCUT2D eigenvalue weighted by Gasteiger charge is 2.13. The van der Waals surface area contributed by atoms with Gasteiger partial charge in [-0.25, -0.2) is 4.68 Å². The van der Waals surface area contributed by atoms with Gasteiger partial charge in [-0.15, -0.1) is 0 Å². The summed E-state index contributed by atoms with van der Waals surface area (Å²) in [5.41, 5.74) is 1.52. The van der Waals surface area contributed by atoms with Crippen LogP contribution >= 0.6 is 11.6 Å². The lowest BCUT2D eigenvalue weighted by Crippen LogP contribution is -2.12. The van der Waals surface area contributed by atoms with E-state index in [0.29, 0.717) is 21.8 Å². The number of rotatable bonds is 2. The van der Waals surface area contributed by atoms with Crippen LogP contribution in [-0.4, -0.2) is 20.8 Å². The third kappa shape index (κ3) is 2.66. The lowest BCUT2D eigenvalue weighted by atomic mass is 10.1. The molecule has 3 aromatic rings. The summed E-state index contributed by atoms with van der Waals surface area (Å²) < 4.78 is 1.24. The largest absolute Gasteiger partial charge is 0.507 e. The Hall–Kier alpha value is -2.59. The van der Waals surface area contributed by atoms with Crippen LogP contribution in [0, 0.1) is 0 Å². The maximum Gasteiger partial charge on any atom is 0.278 e. The molecular weight excluding hydrogens is 288 g/mol. The van der Waals surface area contributed by atoms with Crippen molar-refractivity contribution in [3.05, 3.63) is 71.4 Å². The van der Waals surface area contributed by atoms with Crippen LogP contribution in [-0.2, 0) is 0 Å². The van der Waals surface area contributed by atoms with Crippen LogP contribution in [0.25, 0.3) is 11.3 Å². The number of halogens is 1. The van der Waals surface area contributed by atoms with Crippen molar-refractivity contribution < 1.29 is 9.90 Å². The average Bonchev–Trinajstić information content (AvgIpc) is 2.99. The molecule has 0 atom stereocenters. The fourth-order valence-electron chi connectivity index (χ4n) is 2.01. The highest BCUT2D eigenvalue weighted by Crippen LogP contribution is 2.30. The molecular formula is C16H11ClN2O2. The number of phenols is 1. The monoisotopic (exact) mass is 298 g/mol. The summed E-state index contributed by atoms with van der Waals surface area (Å²) in [7, 11) is 0. The fourth-order valence-corrected chi connectivity index (χ4v) is 2.18. The molecule has 0 saturated heterocycles. The molecule has 4 nitrogen and oxygen atoms in total. The molecule has 0 fully saturated rings. The lowest BCUT2D eigenvalue weighted by molar-refractivity contribution is 0.0945. The molecule has 0 saturated carbocycles. The van der Waals surface area contributed by atoms with E-state index in [1.165, 1.54) is 10.7 Å². The highest BCUT2D eigenvalue weighted by molar-refractivity contribution is 6.30. The molecule has 1 aromatic heterocycles. The van der Waals surface area contributed by atoms with Crippen LogP contribution in [0.1, 0.15) is 10.4 Å². The zero-order chi connectivity index (χ0) is 14.8. The van der Waals surface area contributed by atoms with E-state index in [9.17, 15) is 9.90 Å². The SMILES string of the molecule is O=C(c1ccccc1)n1ccc(-c2cc(Cl)ccc2O)n1. The van der Waals surface area contributed by atoms with Gasteiger partial charge in [-0.2, -0.15) is 5.10 Å². The molecule has 2 aromatic carbocycles. The minimum atomic E-state index is -0.233. The Morgan fingerprint density at radius 1 is 1.10 bits per heavy atom. The molecule has 0 aliphatic rings. The number of carbonyl (C=O) groups excluding carboxylic acids is 1. The standard InChI is InChI=1S/C16H11ClN2O2/c17-12-6-7-15(20)13(10-12)14-8-9-19(18-14)16(21)11-4-2-1-3-5-11/h1-10,20H. The normalized spacial score (nSPS) is 10.5. The maximum absolute atomic E-state index is 12.3. The number of aromatic nitrogens is 2. The number of benzene rings is 2. The lowest BCUT2D eigenvalue weighted by Gasteiger charge is -2.02. The van der Waals surface area contributed by atoms with Crippen molar-refractivity contribution in [3.63, 3.8) is 0 Å². The van der Waals surface area contributed by atoms with Gasteiger partial charge in [-0.3, -0.25) is 4.79 Å². The first-order chi connectivity index (χ1) is 10.1. The molecule has 0 amide bonds. The van der Waals surface area contributed by atoms with Crippen LogP contribution in [0.4, 0.5) is 0 Å². The van der Waals surface area contributed by atoms with E-state index in [0.717, 1.165) is 0 Å². The topological polar surface area (TPSA) is 55.1 Å².